The fraction of sp³-hybridized carbons (Fsp3) is 0.667. The van der Waals surface area contributed by atoms with E-state index in [0.717, 1.165) is 19.4 Å². The molecule has 1 heterocycles. The van der Waals surface area contributed by atoms with Gasteiger partial charge in [-0.15, -0.1) is 0 Å². The van der Waals surface area contributed by atoms with Crippen LogP contribution in [0.3, 0.4) is 0 Å². The lowest BCUT2D eigenvalue weighted by molar-refractivity contribution is 0.547. The highest BCUT2D eigenvalue weighted by Gasteiger charge is 2.12. The molecule has 0 aromatic rings. The lowest BCUT2D eigenvalue weighted by Crippen LogP contribution is -2.36. The molecule has 68 valence electrons. The molecule has 1 aliphatic heterocycles. The Labute approximate surface area is 73.7 Å². The molecule has 1 aliphatic rings. The highest BCUT2D eigenvalue weighted by molar-refractivity contribution is 5.80. The summed E-state index contributed by atoms with van der Waals surface area (Å²) in [5.74, 6) is 1.17. The van der Waals surface area contributed by atoms with E-state index < -0.39 is 0 Å². The fourth-order valence-corrected chi connectivity index (χ4v) is 1.48. The first-order valence-corrected chi connectivity index (χ1v) is 4.54. The molecule has 0 atom stereocenters. The third-order valence-corrected chi connectivity index (χ3v) is 2.27. The molecule has 12 heavy (non-hydrogen) atoms. The molecule has 0 bridgehead atoms. The second-order valence-electron chi connectivity index (χ2n) is 3.02. The molecule has 0 fully saturated rings. The normalized spacial score (nSPS) is 16.9. The summed E-state index contributed by atoms with van der Waals surface area (Å²) in [6, 6.07) is 0. The summed E-state index contributed by atoms with van der Waals surface area (Å²) < 4.78 is 0. The van der Waals surface area contributed by atoms with Crippen LogP contribution in [0.2, 0.25) is 0 Å². The zero-order valence-corrected chi connectivity index (χ0v) is 7.80. The zero-order valence-electron chi connectivity index (χ0n) is 7.80. The summed E-state index contributed by atoms with van der Waals surface area (Å²) in [7, 11) is 0. The average molecular weight is 167 g/mol. The fourth-order valence-electron chi connectivity index (χ4n) is 1.48. The van der Waals surface area contributed by atoms with Gasteiger partial charge in [0.05, 0.1) is 6.54 Å². The van der Waals surface area contributed by atoms with Crippen LogP contribution in [0.1, 0.15) is 26.7 Å². The van der Waals surface area contributed by atoms with Crippen molar-refractivity contribution in [2.75, 3.05) is 6.54 Å². The summed E-state index contributed by atoms with van der Waals surface area (Å²) in [6.45, 7) is 5.11. The number of aliphatic imine (C=N–C) groups is 1. The SMILES string of the molecule is CCC(CC)C1=CCN=C(N)N1. The maximum absolute atomic E-state index is 5.57. The molecular weight excluding hydrogens is 150 g/mol. The summed E-state index contributed by atoms with van der Waals surface area (Å²) in [5, 5.41) is 3.11. The predicted octanol–water partition coefficient (Wildman–Crippen LogP) is 1.22. The first-order valence-electron chi connectivity index (χ1n) is 4.54. The molecule has 3 N–H and O–H groups in total. The molecule has 0 saturated heterocycles. The standard InChI is InChI=1S/C9H17N3/c1-3-7(4-2)8-5-6-11-9(10)12-8/h5,7H,3-4,6H2,1-2H3,(H3,10,11,12). The van der Waals surface area contributed by atoms with Crippen LogP contribution in [-0.2, 0) is 0 Å². The maximum atomic E-state index is 5.57. The summed E-state index contributed by atoms with van der Waals surface area (Å²) in [6.07, 6.45) is 4.43. The largest absolute Gasteiger partial charge is 0.370 e. The Morgan fingerprint density at radius 1 is 1.58 bits per heavy atom. The van der Waals surface area contributed by atoms with E-state index in [9.17, 15) is 0 Å². The number of guanidine groups is 1. The molecule has 3 heteroatoms. The van der Waals surface area contributed by atoms with Gasteiger partial charge in [-0.2, -0.15) is 0 Å². The number of hydrogen-bond acceptors (Lipinski definition) is 3. The van der Waals surface area contributed by atoms with E-state index in [0.29, 0.717) is 11.9 Å². The Bertz CT molecular complexity index is 202. The Hall–Kier alpha value is -0.990. The van der Waals surface area contributed by atoms with Gasteiger partial charge in [0.15, 0.2) is 5.96 Å². The summed E-state index contributed by atoms with van der Waals surface area (Å²) in [4.78, 5) is 4.04. The van der Waals surface area contributed by atoms with Gasteiger partial charge in [-0.3, -0.25) is 0 Å². The number of nitrogens with one attached hydrogen (secondary N) is 1. The van der Waals surface area contributed by atoms with Crippen LogP contribution in [0.25, 0.3) is 0 Å². The highest BCUT2D eigenvalue weighted by Crippen LogP contribution is 2.17. The Morgan fingerprint density at radius 3 is 2.75 bits per heavy atom. The highest BCUT2D eigenvalue weighted by atomic mass is 15.1. The predicted molar refractivity (Wildman–Crippen MR) is 51.8 cm³/mol. The van der Waals surface area contributed by atoms with Crippen LogP contribution in [0, 0.1) is 5.92 Å². The monoisotopic (exact) mass is 167 g/mol. The summed E-state index contributed by atoms with van der Waals surface area (Å²) >= 11 is 0. The minimum atomic E-state index is 0.555. The smallest absolute Gasteiger partial charge is 0.193 e. The van der Waals surface area contributed by atoms with Crippen molar-refractivity contribution in [2.24, 2.45) is 16.6 Å². The lowest BCUT2D eigenvalue weighted by atomic mass is 9.98. The molecular formula is C9H17N3. The minimum absolute atomic E-state index is 0.555. The van der Waals surface area contributed by atoms with Crippen molar-refractivity contribution in [1.29, 1.82) is 0 Å². The van der Waals surface area contributed by atoms with Crippen LogP contribution in [0.4, 0.5) is 0 Å². The van der Waals surface area contributed by atoms with Crippen molar-refractivity contribution < 1.29 is 0 Å². The third-order valence-electron chi connectivity index (χ3n) is 2.27. The van der Waals surface area contributed by atoms with E-state index in [1.807, 2.05) is 0 Å². The second kappa shape index (κ2) is 4.14. The molecule has 0 aliphatic carbocycles. The molecule has 0 spiro atoms. The van der Waals surface area contributed by atoms with E-state index in [2.05, 4.69) is 30.2 Å². The third kappa shape index (κ3) is 2.00. The zero-order chi connectivity index (χ0) is 8.97. The van der Waals surface area contributed by atoms with Crippen molar-refractivity contribution in [3.63, 3.8) is 0 Å². The molecule has 0 saturated carbocycles. The van der Waals surface area contributed by atoms with E-state index in [1.54, 1.807) is 0 Å². The second-order valence-corrected chi connectivity index (χ2v) is 3.02. The maximum Gasteiger partial charge on any atom is 0.193 e. The molecule has 0 unspecified atom stereocenters. The van der Waals surface area contributed by atoms with E-state index >= 15 is 0 Å². The number of rotatable bonds is 3. The molecule has 3 nitrogen and oxygen atoms in total. The van der Waals surface area contributed by atoms with Crippen LogP contribution in [-0.4, -0.2) is 12.5 Å². The number of hydrogen-bond donors (Lipinski definition) is 2. The van der Waals surface area contributed by atoms with Crippen LogP contribution in [0.15, 0.2) is 16.8 Å². The van der Waals surface area contributed by atoms with Crippen LogP contribution >= 0.6 is 0 Å². The van der Waals surface area contributed by atoms with Gasteiger partial charge in [0.25, 0.3) is 0 Å². The van der Waals surface area contributed by atoms with Gasteiger partial charge in [0, 0.05) is 5.70 Å². The Morgan fingerprint density at radius 2 is 2.25 bits per heavy atom. The van der Waals surface area contributed by atoms with Crippen LogP contribution in [0.5, 0.6) is 0 Å². The average Bonchev–Trinajstić information content (AvgIpc) is 2.07. The van der Waals surface area contributed by atoms with Crippen LogP contribution < -0.4 is 11.1 Å². The van der Waals surface area contributed by atoms with Gasteiger partial charge in [0.2, 0.25) is 0 Å². The Balaban J connectivity index is 2.57. The first-order chi connectivity index (χ1) is 5.77. The lowest BCUT2D eigenvalue weighted by Gasteiger charge is -2.21. The topological polar surface area (TPSA) is 50.4 Å². The molecule has 0 amide bonds. The van der Waals surface area contributed by atoms with Gasteiger partial charge in [-0.1, -0.05) is 13.8 Å². The molecule has 0 radical (unpaired) electrons. The Kier molecular flexibility index (Phi) is 3.14. The van der Waals surface area contributed by atoms with Gasteiger partial charge < -0.3 is 11.1 Å². The number of allylic oxidation sites excluding steroid dienone is 1. The van der Waals surface area contributed by atoms with E-state index in [1.165, 1.54) is 5.70 Å². The van der Waals surface area contributed by atoms with Crippen molar-refractivity contribution in [3.05, 3.63) is 11.8 Å². The first kappa shape index (κ1) is 9.10. The van der Waals surface area contributed by atoms with E-state index in [-0.39, 0.29) is 0 Å². The van der Waals surface area contributed by atoms with Crippen molar-refractivity contribution in [1.82, 2.24) is 5.32 Å². The van der Waals surface area contributed by atoms with Gasteiger partial charge >= 0.3 is 0 Å². The molecule has 0 aromatic carbocycles. The van der Waals surface area contributed by atoms with Gasteiger partial charge in [-0.25, -0.2) is 4.99 Å². The summed E-state index contributed by atoms with van der Waals surface area (Å²) in [5.41, 5.74) is 6.81. The molecule has 1 rings (SSSR count). The van der Waals surface area contributed by atoms with E-state index in [4.69, 9.17) is 5.73 Å². The van der Waals surface area contributed by atoms with Crippen molar-refractivity contribution >= 4 is 5.96 Å². The van der Waals surface area contributed by atoms with Gasteiger partial charge in [-0.05, 0) is 24.8 Å². The van der Waals surface area contributed by atoms with Crippen molar-refractivity contribution in [2.45, 2.75) is 26.7 Å². The molecule has 0 aromatic heterocycles. The number of nitrogens with zero attached hydrogens (tertiary/aromatic N) is 1. The van der Waals surface area contributed by atoms with Gasteiger partial charge in [0.1, 0.15) is 0 Å². The number of nitrogens with two attached hydrogens (primary N) is 1. The minimum Gasteiger partial charge on any atom is -0.370 e. The quantitative estimate of drug-likeness (QED) is 0.664. The van der Waals surface area contributed by atoms with Crippen molar-refractivity contribution in [3.8, 4) is 0 Å².